The molecule has 2 N–H and O–H groups in total. The number of halogens is 1. The fraction of sp³-hybridized carbons (Fsp3) is 0.571. The number of nitrogens with two attached hydrogens (primary N) is 1. The Morgan fingerprint density at radius 3 is 2.39 bits per heavy atom. The number of likely N-dealkylation sites (N-methyl/N-ethyl adjacent to an activating group) is 1. The van der Waals surface area contributed by atoms with Crippen molar-refractivity contribution in [3.63, 3.8) is 0 Å². The van der Waals surface area contributed by atoms with E-state index >= 15 is 0 Å². The molecule has 0 aliphatic carbocycles. The molecule has 3 nitrogen and oxygen atoms in total. The van der Waals surface area contributed by atoms with Gasteiger partial charge in [0.1, 0.15) is 5.82 Å². The molecule has 0 atom stereocenters. The lowest BCUT2D eigenvalue weighted by Crippen LogP contribution is -2.45. The molecular weight excluding hydrogens is 229 g/mol. The zero-order chi connectivity index (χ0) is 13.0. The monoisotopic (exact) mass is 251 g/mol. The smallest absolute Gasteiger partial charge is 0.128 e. The van der Waals surface area contributed by atoms with Crippen LogP contribution in [0.3, 0.4) is 0 Å². The van der Waals surface area contributed by atoms with Crippen LogP contribution in [0.2, 0.25) is 0 Å². The summed E-state index contributed by atoms with van der Waals surface area (Å²) in [6, 6.07) is 5.34. The van der Waals surface area contributed by atoms with Crippen molar-refractivity contribution >= 4 is 0 Å². The maximum atomic E-state index is 13.8. The number of benzene rings is 1. The zero-order valence-corrected chi connectivity index (χ0v) is 11.0. The average molecular weight is 251 g/mol. The minimum absolute atomic E-state index is 0.129. The van der Waals surface area contributed by atoms with E-state index in [2.05, 4.69) is 16.7 Å². The van der Waals surface area contributed by atoms with Crippen molar-refractivity contribution in [2.24, 2.45) is 5.73 Å². The summed E-state index contributed by atoms with van der Waals surface area (Å²) in [5.41, 5.74) is 7.13. The molecule has 4 heteroatoms. The largest absolute Gasteiger partial charge is 0.326 e. The van der Waals surface area contributed by atoms with E-state index in [9.17, 15) is 4.39 Å². The molecular formula is C14H22FN3. The third-order valence-corrected chi connectivity index (χ3v) is 3.66. The van der Waals surface area contributed by atoms with Crippen LogP contribution in [0, 0.1) is 5.82 Å². The Morgan fingerprint density at radius 1 is 1.17 bits per heavy atom. The molecule has 1 fully saturated rings. The molecule has 0 unspecified atom stereocenters. The van der Waals surface area contributed by atoms with E-state index < -0.39 is 0 Å². The topological polar surface area (TPSA) is 32.5 Å². The van der Waals surface area contributed by atoms with Crippen LogP contribution in [-0.4, -0.2) is 42.5 Å². The van der Waals surface area contributed by atoms with Gasteiger partial charge in [-0.2, -0.15) is 0 Å². The van der Waals surface area contributed by atoms with E-state index in [0.29, 0.717) is 13.1 Å². The quantitative estimate of drug-likeness (QED) is 0.878. The van der Waals surface area contributed by atoms with Crippen molar-refractivity contribution < 1.29 is 4.39 Å². The first-order valence-corrected chi connectivity index (χ1v) is 6.65. The lowest BCUT2D eigenvalue weighted by Gasteiger charge is -2.34. The third kappa shape index (κ3) is 3.28. The molecule has 1 aliphatic rings. The van der Waals surface area contributed by atoms with E-state index in [0.717, 1.165) is 43.9 Å². The van der Waals surface area contributed by atoms with Gasteiger partial charge < -0.3 is 10.6 Å². The molecule has 1 aromatic carbocycles. The van der Waals surface area contributed by atoms with Gasteiger partial charge in [0, 0.05) is 44.8 Å². The van der Waals surface area contributed by atoms with Crippen LogP contribution >= 0.6 is 0 Å². The molecule has 0 radical (unpaired) electrons. The zero-order valence-electron chi connectivity index (χ0n) is 11.0. The van der Waals surface area contributed by atoms with Crippen molar-refractivity contribution in [1.82, 2.24) is 9.80 Å². The summed E-state index contributed by atoms with van der Waals surface area (Å²) >= 11 is 0. The second-order valence-corrected chi connectivity index (χ2v) is 4.84. The van der Waals surface area contributed by atoms with Gasteiger partial charge in [-0.05, 0) is 18.2 Å². The molecule has 0 aromatic heterocycles. The number of rotatable bonds is 4. The first-order valence-electron chi connectivity index (χ1n) is 6.65. The highest BCUT2D eigenvalue weighted by Crippen LogP contribution is 2.14. The Balaban J connectivity index is 1.94. The molecule has 0 amide bonds. The summed E-state index contributed by atoms with van der Waals surface area (Å²) < 4.78 is 13.8. The molecule has 0 saturated carbocycles. The Morgan fingerprint density at radius 2 is 1.83 bits per heavy atom. The molecule has 100 valence electrons. The molecule has 18 heavy (non-hydrogen) atoms. The number of piperazine rings is 1. The minimum Gasteiger partial charge on any atom is -0.326 e. The number of hydrogen-bond donors (Lipinski definition) is 1. The van der Waals surface area contributed by atoms with Crippen LogP contribution in [0.25, 0.3) is 0 Å². The third-order valence-electron chi connectivity index (χ3n) is 3.66. The van der Waals surface area contributed by atoms with Gasteiger partial charge in [0.15, 0.2) is 0 Å². The van der Waals surface area contributed by atoms with Gasteiger partial charge in [-0.1, -0.05) is 19.1 Å². The van der Waals surface area contributed by atoms with Gasteiger partial charge in [0.25, 0.3) is 0 Å². The van der Waals surface area contributed by atoms with Crippen molar-refractivity contribution in [1.29, 1.82) is 0 Å². The summed E-state index contributed by atoms with van der Waals surface area (Å²) in [6.45, 7) is 8.59. The van der Waals surface area contributed by atoms with Gasteiger partial charge in [0.2, 0.25) is 0 Å². The van der Waals surface area contributed by atoms with Crippen LogP contribution in [-0.2, 0) is 13.1 Å². The van der Waals surface area contributed by atoms with E-state index in [1.807, 2.05) is 12.1 Å². The molecule has 1 heterocycles. The predicted molar refractivity (Wildman–Crippen MR) is 71.7 cm³/mol. The van der Waals surface area contributed by atoms with Gasteiger partial charge in [-0.25, -0.2) is 4.39 Å². The normalized spacial score (nSPS) is 18.2. The van der Waals surface area contributed by atoms with Crippen molar-refractivity contribution in [2.45, 2.75) is 20.0 Å². The molecule has 2 rings (SSSR count). The summed E-state index contributed by atoms with van der Waals surface area (Å²) in [7, 11) is 0. The predicted octanol–water partition coefficient (Wildman–Crippen LogP) is 1.42. The fourth-order valence-corrected chi connectivity index (χ4v) is 2.35. The molecule has 1 saturated heterocycles. The maximum Gasteiger partial charge on any atom is 0.128 e. The van der Waals surface area contributed by atoms with Gasteiger partial charge in [-0.15, -0.1) is 0 Å². The number of hydrogen-bond acceptors (Lipinski definition) is 3. The van der Waals surface area contributed by atoms with Crippen LogP contribution in [0.4, 0.5) is 4.39 Å². The summed E-state index contributed by atoms with van der Waals surface area (Å²) in [6.07, 6.45) is 0. The second kappa shape index (κ2) is 6.27. The second-order valence-electron chi connectivity index (χ2n) is 4.84. The lowest BCUT2D eigenvalue weighted by atomic mass is 10.1. The Hall–Kier alpha value is -0.970. The molecule has 0 spiro atoms. The van der Waals surface area contributed by atoms with Crippen molar-refractivity contribution in [3.8, 4) is 0 Å². The van der Waals surface area contributed by atoms with Gasteiger partial charge >= 0.3 is 0 Å². The Labute approximate surface area is 108 Å². The molecule has 1 aliphatic heterocycles. The van der Waals surface area contributed by atoms with Crippen LogP contribution in [0.15, 0.2) is 18.2 Å². The Kier molecular flexibility index (Phi) is 4.69. The van der Waals surface area contributed by atoms with E-state index in [4.69, 9.17) is 5.73 Å². The molecule has 1 aromatic rings. The van der Waals surface area contributed by atoms with E-state index in [-0.39, 0.29) is 5.82 Å². The fourth-order valence-electron chi connectivity index (χ4n) is 2.35. The number of nitrogens with zero attached hydrogens (tertiary/aromatic N) is 2. The highest BCUT2D eigenvalue weighted by Gasteiger charge is 2.16. The maximum absolute atomic E-state index is 13.8. The first kappa shape index (κ1) is 13.5. The summed E-state index contributed by atoms with van der Waals surface area (Å²) in [5.74, 6) is -0.129. The van der Waals surface area contributed by atoms with Crippen molar-refractivity contribution in [3.05, 3.63) is 35.1 Å². The van der Waals surface area contributed by atoms with Gasteiger partial charge in [-0.3, -0.25) is 4.90 Å². The molecule has 0 bridgehead atoms. The summed E-state index contributed by atoms with van der Waals surface area (Å²) in [5, 5.41) is 0. The van der Waals surface area contributed by atoms with Crippen LogP contribution in [0.1, 0.15) is 18.1 Å². The summed E-state index contributed by atoms with van der Waals surface area (Å²) in [4.78, 5) is 4.73. The van der Waals surface area contributed by atoms with Crippen molar-refractivity contribution in [2.75, 3.05) is 32.7 Å². The van der Waals surface area contributed by atoms with E-state index in [1.54, 1.807) is 6.07 Å². The van der Waals surface area contributed by atoms with Crippen LogP contribution < -0.4 is 5.73 Å². The van der Waals surface area contributed by atoms with E-state index in [1.165, 1.54) is 0 Å². The highest BCUT2D eigenvalue weighted by atomic mass is 19.1. The highest BCUT2D eigenvalue weighted by molar-refractivity contribution is 5.24. The first-order chi connectivity index (χ1) is 8.72. The standard InChI is InChI=1S/C14H22FN3/c1-2-17-5-7-18(8-6-17)11-13-4-3-12(10-16)9-14(13)15/h3-4,9H,2,5-8,10-11,16H2,1H3. The Bertz CT molecular complexity index is 387. The van der Waals surface area contributed by atoms with Gasteiger partial charge in [0.05, 0.1) is 0 Å². The minimum atomic E-state index is -0.129. The average Bonchev–Trinajstić information content (AvgIpc) is 2.42. The van der Waals surface area contributed by atoms with Crippen LogP contribution in [0.5, 0.6) is 0 Å². The SMILES string of the molecule is CCN1CCN(Cc2ccc(CN)cc2F)CC1. The lowest BCUT2D eigenvalue weighted by molar-refractivity contribution is 0.131.